The van der Waals surface area contributed by atoms with Crippen LogP contribution >= 0.6 is 0 Å². The Kier molecular flexibility index (Phi) is 6.77. The first-order valence-corrected chi connectivity index (χ1v) is 8.14. The quantitative estimate of drug-likeness (QED) is 0.641. The van der Waals surface area contributed by atoms with Gasteiger partial charge in [-0.15, -0.1) is 0 Å². The molecule has 3 heteroatoms. The maximum absolute atomic E-state index is 5.84. The molecule has 2 rings (SSSR count). The van der Waals surface area contributed by atoms with Crippen molar-refractivity contribution in [1.29, 1.82) is 0 Å². The molecule has 116 valence electrons. The lowest BCUT2D eigenvalue weighted by molar-refractivity contribution is 0.103. The number of ether oxygens (including phenoxy) is 1. The number of unbranched alkanes of at least 4 members (excludes halogenated alkanes) is 5. The minimum Gasteiger partial charge on any atom is -0.458 e. The van der Waals surface area contributed by atoms with E-state index in [2.05, 4.69) is 13.0 Å². The standard InChI is InChI=1S/C18H27NO2/c1-2-3-4-5-6-9-12-20-14-18-16(13-19)15-10-7-8-11-17(15)21-18/h7-8,10-11H,2-6,9,12-14,19H2,1H3. The van der Waals surface area contributed by atoms with Crippen LogP contribution in [0.25, 0.3) is 11.0 Å². The highest BCUT2D eigenvalue weighted by molar-refractivity contribution is 5.82. The smallest absolute Gasteiger partial charge is 0.135 e. The van der Waals surface area contributed by atoms with Crippen molar-refractivity contribution >= 4 is 11.0 Å². The van der Waals surface area contributed by atoms with E-state index >= 15 is 0 Å². The van der Waals surface area contributed by atoms with Gasteiger partial charge in [0, 0.05) is 24.1 Å². The van der Waals surface area contributed by atoms with Crippen LogP contribution in [-0.4, -0.2) is 6.61 Å². The molecule has 0 unspecified atom stereocenters. The van der Waals surface area contributed by atoms with Crippen LogP contribution in [0.2, 0.25) is 0 Å². The Bertz CT molecular complexity index is 533. The molecule has 0 radical (unpaired) electrons. The Labute approximate surface area is 127 Å². The molecule has 0 fully saturated rings. The third-order valence-corrected chi connectivity index (χ3v) is 3.86. The van der Waals surface area contributed by atoms with Crippen molar-refractivity contribution in [2.24, 2.45) is 5.73 Å². The van der Waals surface area contributed by atoms with Gasteiger partial charge in [-0.05, 0) is 12.5 Å². The van der Waals surface area contributed by atoms with Crippen LogP contribution < -0.4 is 5.73 Å². The van der Waals surface area contributed by atoms with E-state index in [1.807, 2.05) is 18.2 Å². The second-order valence-electron chi connectivity index (χ2n) is 5.52. The van der Waals surface area contributed by atoms with Gasteiger partial charge in [-0.1, -0.05) is 57.2 Å². The first-order valence-electron chi connectivity index (χ1n) is 8.14. The van der Waals surface area contributed by atoms with E-state index < -0.39 is 0 Å². The van der Waals surface area contributed by atoms with E-state index in [0.717, 1.165) is 35.3 Å². The van der Waals surface area contributed by atoms with E-state index in [1.54, 1.807) is 0 Å². The molecule has 1 heterocycles. The summed E-state index contributed by atoms with van der Waals surface area (Å²) in [4.78, 5) is 0. The zero-order chi connectivity index (χ0) is 14.9. The van der Waals surface area contributed by atoms with Crippen LogP contribution in [0.1, 0.15) is 56.8 Å². The van der Waals surface area contributed by atoms with Crippen LogP contribution in [-0.2, 0) is 17.9 Å². The van der Waals surface area contributed by atoms with Crippen molar-refractivity contribution in [3.8, 4) is 0 Å². The van der Waals surface area contributed by atoms with Crippen molar-refractivity contribution in [3.05, 3.63) is 35.6 Å². The average molecular weight is 289 g/mol. The molecule has 2 aromatic rings. The number of para-hydroxylation sites is 1. The fourth-order valence-electron chi connectivity index (χ4n) is 2.64. The first-order chi connectivity index (χ1) is 10.4. The summed E-state index contributed by atoms with van der Waals surface area (Å²) in [6.45, 7) is 4.06. The minimum absolute atomic E-state index is 0.493. The van der Waals surface area contributed by atoms with Crippen molar-refractivity contribution in [2.75, 3.05) is 6.61 Å². The molecule has 0 saturated heterocycles. The molecule has 1 aromatic heterocycles. The van der Waals surface area contributed by atoms with Crippen molar-refractivity contribution in [2.45, 2.75) is 58.6 Å². The zero-order valence-corrected chi connectivity index (χ0v) is 13.1. The summed E-state index contributed by atoms with van der Waals surface area (Å²) in [6, 6.07) is 8.02. The number of nitrogens with two attached hydrogens (primary N) is 1. The van der Waals surface area contributed by atoms with Gasteiger partial charge in [0.05, 0.1) is 0 Å². The summed E-state index contributed by atoms with van der Waals surface area (Å²) >= 11 is 0. The van der Waals surface area contributed by atoms with E-state index in [4.69, 9.17) is 14.9 Å². The monoisotopic (exact) mass is 289 g/mol. The van der Waals surface area contributed by atoms with E-state index in [-0.39, 0.29) is 0 Å². The van der Waals surface area contributed by atoms with Gasteiger partial charge in [-0.2, -0.15) is 0 Å². The predicted octanol–water partition coefficient (Wildman–Crippen LogP) is 4.77. The molecule has 2 N–H and O–H groups in total. The molecule has 0 aliphatic rings. The third-order valence-electron chi connectivity index (χ3n) is 3.86. The number of hydrogen-bond donors (Lipinski definition) is 1. The fourth-order valence-corrected chi connectivity index (χ4v) is 2.64. The normalized spacial score (nSPS) is 11.3. The summed E-state index contributed by atoms with van der Waals surface area (Å²) in [7, 11) is 0. The van der Waals surface area contributed by atoms with Gasteiger partial charge in [0.15, 0.2) is 0 Å². The number of rotatable bonds is 10. The highest BCUT2D eigenvalue weighted by Gasteiger charge is 2.12. The van der Waals surface area contributed by atoms with Gasteiger partial charge >= 0.3 is 0 Å². The average Bonchev–Trinajstić information content (AvgIpc) is 2.87. The topological polar surface area (TPSA) is 48.4 Å². The van der Waals surface area contributed by atoms with E-state index in [9.17, 15) is 0 Å². The lowest BCUT2D eigenvalue weighted by Gasteiger charge is -2.04. The Morgan fingerprint density at radius 1 is 1.05 bits per heavy atom. The molecule has 1 aromatic carbocycles. The summed E-state index contributed by atoms with van der Waals surface area (Å²) in [6.07, 6.45) is 7.68. The molecule has 0 aliphatic carbocycles. The Morgan fingerprint density at radius 3 is 2.62 bits per heavy atom. The van der Waals surface area contributed by atoms with E-state index in [1.165, 1.54) is 32.1 Å². The molecule has 0 saturated carbocycles. The van der Waals surface area contributed by atoms with Crippen molar-refractivity contribution in [3.63, 3.8) is 0 Å². The first kappa shape index (κ1) is 16.1. The highest BCUT2D eigenvalue weighted by atomic mass is 16.5. The van der Waals surface area contributed by atoms with Gasteiger partial charge in [-0.25, -0.2) is 0 Å². The third kappa shape index (κ3) is 4.58. The predicted molar refractivity (Wildman–Crippen MR) is 87.1 cm³/mol. The summed E-state index contributed by atoms with van der Waals surface area (Å²) < 4.78 is 11.6. The Balaban J connectivity index is 1.76. The molecule has 0 aliphatic heterocycles. The number of fused-ring (bicyclic) bond motifs is 1. The molecule has 21 heavy (non-hydrogen) atoms. The lowest BCUT2D eigenvalue weighted by atomic mass is 10.1. The molecule has 3 nitrogen and oxygen atoms in total. The second-order valence-corrected chi connectivity index (χ2v) is 5.52. The van der Waals surface area contributed by atoms with Gasteiger partial charge < -0.3 is 14.9 Å². The minimum atomic E-state index is 0.493. The van der Waals surface area contributed by atoms with E-state index in [0.29, 0.717) is 13.2 Å². The van der Waals surface area contributed by atoms with Gasteiger partial charge in [0.1, 0.15) is 18.0 Å². The van der Waals surface area contributed by atoms with Crippen LogP contribution in [0, 0.1) is 0 Å². The summed E-state index contributed by atoms with van der Waals surface area (Å²) in [5.41, 5.74) is 7.82. The SMILES string of the molecule is CCCCCCCCOCc1oc2ccccc2c1CN. The lowest BCUT2D eigenvalue weighted by Crippen LogP contribution is -2.01. The highest BCUT2D eigenvalue weighted by Crippen LogP contribution is 2.26. The Morgan fingerprint density at radius 2 is 1.81 bits per heavy atom. The van der Waals surface area contributed by atoms with Gasteiger partial charge in [0.25, 0.3) is 0 Å². The number of hydrogen-bond acceptors (Lipinski definition) is 3. The Hall–Kier alpha value is -1.32. The van der Waals surface area contributed by atoms with Crippen molar-refractivity contribution in [1.82, 2.24) is 0 Å². The van der Waals surface area contributed by atoms with Crippen LogP contribution in [0.3, 0.4) is 0 Å². The summed E-state index contributed by atoms with van der Waals surface area (Å²) in [5, 5.41) is 1.11. The van der Waals surface area contributed by atoms with Crippen molar-refractivity contribution < 1.29 is 9.15 Å². The number of furan rings is 1. The van der Waals surface area contributed by atoms with Crippen LogP contribution in [0.5, 0.6) is 0 Å². The molecule has 0 bridgehead atoms. The van der Waals surface area contributed by atoms with Crippen LogP contribution in [0.15, 0.2) is 28.7 Å². The molecular formula is C18H27NO2. The molecule has 0 spiro atoms. The summed E-state index contributed by atoms with van der Waals surface area (Å²) in [5.74, 6) is 0.879. The molecule has 0 atom stereocenters. The van der Waals surface area contributed by atoms with Gasteiger partial charge in [-0.3, -0.25) is 0 Å². The number of benzene rings is 1. The molecular weight excluding hydrogens is 262 g/mol. The fraction of sp³-hybridized carbons (Fsp3) is 0.556. The maximum Gasteiger partial charge on any atom is 0.135 e. The van der Waals surface area contributed by atoms with Crippen LogP contribution in [0.4, 0.5) is 0 Å². The maximum atomic E-state index is 5.84. The van der Waals surface area contributed by atoms with Gasteiger partial charge in [0.2, 0.25) is 0 Å². The largest absolute Gasteiger partial charge is 0.458 e. The zero-order valence-electron chi connectivity index (χ0n) is 13.1. The second kappa shape index (κ2) is 8.85. The molecule has 0 amide bonds.